The number of nitro benzene ring substituents is 1. The van der Waals surface area contributed by atoms with Crippen molar-refractivity contribution in [2.24, 2.45) is 11.0 Å². The highest BCUT2D eigenvalue weighted by Gasteiger charge is 2.08. The molecule has 2 aromatic rings. The van der Waals surface area contributed by atoms with Gasteiger partial charge in [-0.3, -0.25) is 14.9 Å². The first-order valence-corrected chi connectivity index (χ1v) is 7.77. The molecule has 0 fully saturated rings. The number of nitrogens with zero attached hydrogens (tertiary/aromatic N) is 2. The average Bonchev–Trinajstić information content (AvgIpc) is 2.60. The van der Waals surface area contributed by atoms with Gasteiger partial charge in [-0.15, -0.1) is 0 Å². The third kappa shape index (κ3) is 5.42. The average molecular weight is 341 g/mol. The van der Waals surface area contributed by atoms with E-state index in [4.69, 9.17) is 4.74 Å². The number of carbonyl (C=O) groups excluding carboxylic acids is 1. The Kier molecular flexibility index (Phi) is 6.22. The fourth-order valence-electron chi connectivity index (χ4n) is 1.93. The topological polar surface area (TPSA) is 93.8 Å². The number of non-ortho nitro benzene ring substituents is 1. The summed E-state index contributed by atoms with van der Waals surface area (Å²) in [6.45, 7) is 4.70. The lowest BCUT2D eigenvalue weighted by Gasteiger charge is -2.10. The highest BCUT2D eigenvalue weighted by molar-refractivity contribution is 5.95. The molecule has 0 radical (unpaired) electrons. The Hall–Kier alpha value is -3.22. The number of amides is 1. The second-order valence-corrected chi connectivity index (χ2v) is 5.75. The predicted molar refractivity (Wildman–Crippen MR) is 94.9 cm³/mol. The molecule has 0 aromatic heterocycles. The summed E-state index contributed by atoms with van der Waals surface area (Å²) >= 11 is 0. The Morgan fingerprint density at radius 1 is 1.24 bits per heavy atom. The summed E-state index contributed by atoms with van der Waals surface area (Å²) in [6.07, 6.45) is 1.50. The van der Waals surface area contributed by atoms with Crippen molar-refractivity contribution in [3.8, 4) is 5.75 Å². The molecule has 2 aromatic carbocycles. The van der Waals surface area contributed by atoms with Gasteiger partial charge in [0.2, 0.25) is 0 Å². The lowest BCUT2D eigenvalue weighted by molar-refractivity contribution is -0.384. The number of carbonyl (C=O) groups is 1. The Balaban J connectivity index is 2.00. The normalized spacial score (nSPS) is 10.8. The van der Waals surface area contributed by atoms with E-state index >= 15 is 0 Å². The number of benzene rings is 2. The summed E-state index contributed by atoms with van der Waals surface area (Å²) in [5, 5.41) is 14.5. The van der Waals surface area contributed by atoms with E-state index < -0.39 is 10.8 Å². The SMILES string of the molecule is CC(C)COc1ccccc1/C=N/NC(=O)c1ccc([N+](=O)[O-])cc1. The molecular weight excluding hydrogens is 322 g/mol. The lowest BCUT2D eigenvalue weighted by atomic mass is 10.2. The van der Waals surface area contributed by atoms with Crippen LogP contribution in [0.1, 0.15) is 29.8 Å². The number of rotatable bonds is 7. The number of ether oxygens (including phenoxy) is 1. The van der Waals surface area contributed by atoms with Crippen LogP contribution in [-0.2, 0) is 0 Å². The number of hydrogen-bond acceptors (Lipinski definition) is 5. The first-order chi connectivity index (χ1) is 12.0. The second-order valence-electron chi connectivity index (χ2n) is 5.75. The highest BCUT2D eigenvalue weighted by Crippen LogP contribution is 2.17. The van der Waals surface area contributed by atoms with Gasteiger partial charge in [0.15, 0.2) is 0 Å². The van der Waals surface area contributed by atoms with E-state index in [1.807, 2.05) is 24.3 Å². The molecule has 0 atom stereocenters. The van der Waals surface area contributed by atoms with Crippen molar-refractivity contribution in [1.29, 1.82) is 0 Å². The second kappa shape index (κ2) is 8.58. The van der Waals surface area contributed by atoms with Crippen molar-refractivity contribution in [2.45, 2.75) is 13.8 Å². The van der Waals surface area contributed by atoms with Crippen molar-refractivity contribution in [3.05, 3.63) is 69.8 Å². The summed E-state index contributed by atoms with van der Waals surface area (Å²) in [4.78, 5) is 22.1. The molecule has 0 aliphatic heterocycles. The predicted octanol–water partition coefficient (Wildman–Crippen LogP) is 3.39. The fraction of sp³-hybridized carbons (Fsp3) is 0.222. The molecule has 0 bridgehead atoms. The zero-order valence-corrected chi connectivity index (χ0v) is 14.0. The van der Waals surface area contributed by atoms with E-state index in [-0.39, 0.29) is 11.3 Å². The zero-order valence-electron chi connectivity index (χ0n) is 14.0. The standard InChI is InChI=1S/C18H19N3O4/c1-13(2)12-25-17-6-4-3-5-15(17)11-19-20-18(22)14-7-9-16(10-8-14)21(23)24/h3-11,13H,12H2,1-2H3,(H,20,22)/b19-11+. The van der Waals surface area contributed by atoms with Crippen molar-refractivity contribution in [2.75, 3.05) is 6.61 Å². The van der Waals surface area contributed by atoms with E-state index in [2.05, 4.69) is 24.4 Å². The van der Waals surface area contributed by atoms with Gasteiger partial charge in [-0.2, -0.15) is 5.10 Å². The summed E-state index contributed by atoms with van der Waals surface area (Å²) in [5.74, 6) is 0.628. The maximum atomic E-state index is 12.0. The molecule has 1 N–H and O–H groups in total. The van der Waals surface area contributed by atoms with Crippen LogP contribution in [0.3, 0.4) is 0 Å². The van der Waals surface area contributed by atoms with Crippen LogP contribution in [-0.4, -0.2) is 23.7 Å². The van der Waals surface area contributed by atoms with Crippen LogP contribution >= 0.6 is 0 Å². The zero-order chi connectivity index (χ0) is 18.2. The molecule has 7 nitrogen and oxygen atoms in total. The highest BCUT2D eigenvalue weighted by atomic mass is 16.6. The van der Waals surface area contributed by atoms with Gasteiger partial charge in [-0.05, 0) is 30.2 Å². The van der Waals surface area contributed by atoms with Crippen LogP contribution in [0.25, 0.3) is 0 Å². The summed E-state index contributed by atoms with van der Waals surface area (Å²) in [7, 11) is 0. The number of para-hydroxylation sites is 1. The minimum atomic E-state index is -0.520. The van der Waals surface area contributed by atoms with Gasteiger partial charge < -0.3 is 4.74 Å². The lowest BCUT2D eigenvalue weighted by Crippen LogP contribution is -2.17. The van der Waals surface area contributed by atoms with Gasteiger partial charge in [0.05, 0.1) is 17.7 Å². The molecule has 0 saturated heterocycles. The van der Waals surface area contributed by atoms with Crippen LogP contribution in [0, 0.1) is 16.0 Å². The maximum Gasteiger partial charge on any atom is 0.271 e. The molecule has 0 heterocycles. The summed E-state index contributed by atoms with van der Waals surface area (Å²) in [5.41, 5.74) is 3.35. The van der Waals surface area contributed by atoms with Gasteiger partial charge >= 0.3 is 0 Å². The van der Waals surface area contributed by atoms with Gasteiger partial charge in [0, 0.05) is 23.3 Å². The minimum absolute atomic E-state index is 0.0729. The van der Waals surface area contributed by atoms with Crippen LogP contribution in [0.5, 0.6) is 5.75 Å². The Bertz CT molecular complexity index is 770. The number of nitro groups is 1. The first-order valence-electron chi connectivity index (χ1n) is 7.77. The maximum absolute atomic E-state index is 12.0. The molecule has 130 valence electrons. The quantitative estimate of drug-likeness (QED) is 0.474. The first kappa shape index (κ1) is 18.1. The van der Waals surface area contributed by atoms with E-state index in [1.54, 1.807) is 0 Å². The molecule has 25 heavy (non-hydrogen) atoms. The van der Waals surface area contributed by atoms with Crippen molar-refractivity contribution < 1.29 is 14.5 Å². The summed E-state index contributed by atoms with van der Waals surface area (Å²) in [6, 6.07) is 12.7. The van der Waals surface area contributed by atoms with Gasteiger partial charge in [-0.25, -0.2) is 5.43 Å². The molecule has 0 saturated carbocycles. The summed E-state index contributed by atoms with van der Waals surface area (Å²) < 4.78 is 5.71. The van der Waals surface area contributed by atoms with E-state index in [0.29, 0.717) is 18.3 Å². The molecule has 0 aliphatic rings. The molecular formula is C18H19N3O4. The van der Waals surface area contributed by atoms with Crippen LogP contribution in [0.4, 0.5) is 5.69 Å². The van der Waals surface area contributed by atoms with Crippen molar-refractivity contribution in [3.63, 3.8) is 0 Å². The molecule has 7 heteroatoms. The number of hydrazone groups is 1. The van der Waals surface area contributed by atoms with E-state index in [0.717, 1.165) is 5.56 Å². The smallest absolute Gasteiger partial charge is 0.271 e. The van der Waals surface area contributed by atoms with Gasteiger partial charge in [-0.1, -0.05) is 26.0 Å². The largest absolute Gasteiger partial charge is 0.493 e. The Morgan fingerprint density at radius 3 is 2.56 bits per heavy atom. The Morgan fingerprint density at radius 2 is 1.92 bits per heavy atom. The molecule has 0 unspecified atom stereocenters. The van der Waals surface area contributed by atoms with Gasteiger partial charge in [0.1, 0.15) is 5.75 Å². The molecule has 0 aliphatic carbocycles. The fourth-order valence-corrected chi connectivity index (χ4v) is 1.93. The Labute approximate surface area is 145 Å². The van der Waals surface area contributed by atoms with Crippen LogP contribution in [0.2, 0.25) is 0 Å². The molecule has 0 spiro atoms. The van der Waals surface area contributed by atoms with E-state index in [1.165, 1.54) is 30.5 Å². The van der Waals surface area contributed by atoms with Gasteiger partial charge in [0.25, 0.3) is 11.6 Å². The third-order valence-corrected chi connectivity index (χ3v) is 3.20. The minimum Gasteiger partial charge on any atom is -0.493 e. The van der Waals surface area contributed by atoms with Crippen molar-refractivity contribution >= 4 is 17.8 Å². The van der Waals surface area contributed by atoms with Crippen LogP contribution < -0.4 is 10.2 Å². The van der Waals surface area contributed by atoms with Crippen molar-refractivity contribution in [1.82, 2.24) is 5.43 Å². The molecule has 2 rings (SSSR count). The number of hydrogen-bond donors (Lipinski definition) is 1. The monoisotopic (exact) mass is 341 g/mol. The van der Waals surface area contributed by atoms with Crippen LogP contribution in [0.15, 0.2) is 53.6 Å². The molecule has 1 amide bonds. The number of nitrogens with one attached hydrogen (secondary N) is 1. The third-order valence-electron chi connectivity index (χ3n) is 3.20. The van der Waals surface area contributed by atoms with E-state index in [9.17, 15) is 14.9 Å².